The summed E-state index contributed by atoms with van der Waals surface area (Å²) in [6.07, 6.45) is 50.0. The van der Waals surface area contributed by atoms with Crippen LogP contribution in [-0.4, -0.2) is 96.7 Å². The molecule has 0 amide bonds. The highest BCUT2D eigenvalue weighted by atomic mass is 31.2. The summed E-state index contributed by atoms with van der Waals surface area (Å²) in [5, 5.41) is 10.6. The van der Waals surface area contributed by atoms with Crippen molar-refractivity contribution in [3.05, 3.63) is 0 Å². The van der Waals surface area contributed by atoms with Gasteiger partial charge in [-0.25, -0.2) is 9.13 Å². The first kappa shape index (κ1) is 93.1. The summed E-state index contributed by atoms with van der Waals surface area (Å²) in [7, 11) is -9.91. The van der Waals surface area contributed by atoms with Crippen molar-refractivity contribution in [1.82, 2.24) is 0 Å². The molecule has 0 aromatic heterocycles. The third-order valence-electron chi connectivity index (χ3n) is 17.6. The van der Waals surface area contributed by atoms with Gasteiger partial charge in [0.25, 0.3) is 0 Å². The highest BCUT2D eigenvalue weighted by Crippen LogP contribution is 2.45. The first-order chi connectivity index (χ1) is 45.6. The van der Waals surface area contributed by atoms with E-state index in [0.29, 0.717) is 31.6 Å². The van der Waals surface area contributed by atoms with Crippen LogP contribution in [0, 0.1) is 23.7 Å². The van der Waals surface area contributed by atoms with Gasteiger partial charge in [-0.05, 0) is 49.4 Å². The number of phosphoric acid groups is 2. The molecule has 0 aliphatic carbocycles. The van der Waals surface area contributed by atoms with E-state index in [2.05, 4.69) is 55.4 Å². The molecule has 95 heavy (non-hydrogen) atoms. The van der Waals surface area contributed by atoms with E-state index in [9.17, 15) is 43.2 Å². The molecule has 17 nitrogen and oxygen atoms in total. The first-order valence-corrected chi connectivity index (χ1v) is 42.2. The predicted octanol–water partition coefficient (Wildman–Crippen LogP) is 22.0. The van der Waals surface area contributed by atoms with Crippen LogP contribution in [0.4, 0.5) is 0 Å². The Morgan fingerprint density at radius 1 is 0.263 bits per heavy atom. The van der Waals surface area contributed by atoms with Crippen LogP contribution in [0.5, 0.6) is 0 Å². The van der Waals surface area contributed by atoms with Gasteiger partial charge in [-0.2, -0.15) is 0 Å². The number of phosphoric ester groups is 2. The maximum atomic E-state index is 13.1. The summed E-state index contributed by atoms with van der Waals surface area (Å²) in [4.78, 5) is 72.8. The maximum absolute atomic E-state index is 13.1. The highest BCUT2D eigenvalue weighted by Gasteiger charge is 2.30. The smallest absolute Gasteiger partial charge is 0.462 e. The van der Waals surface area contributed by atoms with Crippen molar-refractivity contribution in [2.75, 3.05) is 39.6 Å². The molecule has 0 aliphatic rings. The maximum Gasteiger partial charge on any atom is 0.472 e. The Bertz CT molecular complexity index is 1870. The molecule has 0 aromatic carbocycles. The van der Waals surface area contributed by atoms with Gasteiger partial charge in [0.05, 0.1) is 26.4 Å². The van der Waals surface area contributed by atoms with Gasteiger partial charge in [0.2, 0.25) is 0 Å². The molecule has 0 aromatic rings. The molecular weight excluding hydrogens is 1250 g/mol. The van der Waals surface area contributed by atoms with Crippen LogP contribution >= 0.6 is 15.6 Å². The third-order valence-corrected chi connectivity index (χ3v) is 19.5. The minimum atomic E-state index is -4.96. The molecule has 0 heterocycles. The molecule has 0 aliphatic heterocycles. The van der Waals surface area contributed by atoms with Crippen LogP contribution in [-0.2, 0) is 65.4 Å². The Morgan fingerprint density at radius 2 is 0.442 bits per heavy atom. The number of hydrogen-bond donors (Lipinski definition) is 3. The molecule has 564 valence electrons. The number of carbonyl (C=O) groups is 4. The molecule has 19 heteroatoms. The normalized spacial score (nSPS) is 14.1. The molecule has 0 saturated heterocycles. The summed E-state index contributed by atoms with van der Waals surface area (Å²) in [6.45, 7) is 14.2. The van der Waals surface area contributed by atoms with Crippen molar-refractivity contribution < 1.29 is 80.2 Å². The van der Waals surface area contributed by atoms with Gasteiger partial charge in [0.1, 0.15) is 19.3 Å². The third kappa shape index (κ3) is 70.3. The fourth-order valence-corrected chi connectivity index (χ4v) is 13.1. The van der Waals surface area contributed by atoms with Crippen molar-refractivity contribution in [1.29, 1.82) is 0 Å². The molecule has 0 saturated carbocycles. The molecule has 3 N–H and O–H groups in total. The summed E-state index contributed by atoms with van der Waals surface area (Å²) in [5.74, 6) is 0.917. The largest absolute Gasteiger partial charge is 0.472 e. The number of unbranched alkanes of at least 4 members (excludes halogenated alkanes) is 39. The van der Waals surface area contributed by atoms with E-state index in [-0.39, 0.29) is 25.7 Å². The molecular formula is C76H148O17P2. The lowest BCUT2D eigenvalue weighted by Gasteiger charge is -2.21. The summed E-state index contributed by atoms with van der Waals surface area (Å²) in [6, 6.07) is 0. The van der Waals surface area contributed by atoms with E-state index < -0.39 is 97.5 Å². The fourth-order valence-electron chi connectivity index (χ4n) is 11.6. The van der Waals surface area contributed by atoms with E-state index >= 15 is 0 Å². The Kier molecular flexibility index (Phi) is 64.0. The second kappa shape index (κ2) is 65.4. The Balaban J connectivity index is 5.25. The van der Waals surface area contributed by atoms with Crippen LogP contribution in [0.1, 0.15) is 383 Å². The summed E-state index contributed by atoms with van der Waals surface area (Å²) in [5.41, 5.74) is 0. The molecule has 0 rings (SSSR count). The lowest BCUT2D eigenvalue weighted by atomic mass is 10.0. The number of rotatable bonds is 73. The number of carbonyl (C=O) groups excluding carboxylic acids is 4. The summed E-state index contributed by atoms with van der Waals surface area (Å²) >= 11 is 0. The minimum absolute atomic E-state index is 0.106. The Labute approximate surface area is 581 Å². The van der Waals surface area contributed by atoms with Crippen LogP contribution in [0.3, 0.4) is 0 Å². The lowest BCUT2D eigenvalue weighted by Crippen LogP contribution is -2.30. The average molecular weight is 1400 g/mol. The van der Waals surface area contributed by atoms with Crippen molar-refractivity contribution in [2.24, 2.45) is 23.7 Å². The number of aliphatic hydroxyl groups excluding tert-OH is 1. The average Bonchev–Trinajstić information content (AvgIpc) is 2.69. The van der Waals surface area contributed by atoms with E-state index in [1.165, 1.54) is 180 Å². The van der Waals surface area contributed by atoms with Crippen LogP contribution in [0.15, 0.2) is 0 Å². The quantitative estimate of drug-likeness (QED) is 0.0222. The van der Waals surface area contributed by atoms with Crippen molar-refractivity contribution >= 4 is 39.5 Å². The molecule has 0 radical (unpaired) electrons. The van der Waals surface area contributed by atoms with Gasteiger partial charge in [-0.3, -0.25) is 37.3 Å². The van der Waals surface area contributed by atoms with Gasteiger partial charge in [0.15, 0.2) is 12.2 Å². The van der Waals surface area contributed by atoms with E-state index in [1.807, 2.05) is 0 Å². The standard InChI is InChI=1S/C76H148O17P2/c1-66(2)52-44-36-28-21-15-10-9-11-18-24-32-40-48-56-73(78)86-62-71(92-76(81)59-51-43-34-26-20-14-17-23-30-38-46-54-68(5)6)64-90-94(82,83)88-60-70(77)61-89-95(84,85)91-65-72(63-87-74(79)57-49-41-35-27-31-39-47-55-69(7)8)93-75(80)58-50-42-33-25-19-13-12-16-22-29-37-45-53-67(3)4/h66-72,77H,9-65H2,1-8H3,(H,82,83)(H,84,85)/t70?,71-,72-/m1/s1. The first-order valence-electron chi connectivity index (χ1n) is 39.2. The van der Waals surface area contributed by atoms with E-state index in [1.54, 1.807) is 0 Å². The van der Waals surface area contributed by atoms with Gasteiger partial charge < -0.3 is 33.8 Å². The van der Waals surface area contributed by atoms with E-state index in [0.717, 1.165) is 114 Å². The lowest BCUT2D eigenvalue weighted by molar-refractivity contribution is -0.161. The van der Waals surface area contributed by atoms with Gasteiger partial charge in [0, 0.05) is 25.7 Å². The summed E-state index contributed by atoms with van der Waals surface area (Å²) < 4.78 is 68.5. The van der Waals surface area contributed by atoms with Gasteiger partial charge in [-0.15, -0.1) is 0 Å². The number of aliphatic hydroxyl groups is 1. The van der Waals surface area contributed by atoms with Crippen LogP contribution in [0.25, 0.3) is 0 Å². The van der Waals surface area contributed by atoms with Gasteiger partial charge >= 0.3 is 39.5 Å². The second-order valence-corrected chi connectivity index (χ2v) is 32.2. The molecule has 0 spiro atoms. The molecule has 0 fully saturated rings. The number of ether oxygens (including phenoxy) is 4. The second-order valence-electron chi connectivity index (χ2n) is 29.3. The zero-order chi connectivity index (χ0) is 70.3. The van der Waals surface area contributed by atoms with Gasteiger partial charge in [-0.1, -0.05) is 331 Å². The Morgan fingerprint density at radius 3 is 0.653 bits per heavy atom. The monoisotopic (exact) mass is 1400 g/mol. The number of esters is 4. The predicted molar refractivity (Wildman–Crippen MR) is 386 cm³/mol. The van der Waals surface area contributed by atoms with Crippen LogP contribution in [0.2, 0.25) is 0 Å². The fraction of sp³-hybridized carbons (Fsp3) is 0.947. The molecule has 0 bridgehead atoms. The topological polar surface area (TPSA) is 237 Å². The minimum Gasteiger partial charge on any atom is -0.462 e. The van der Waals surface area contributed by atoms with Crippen molar-refractivity contribution in [3.8, 4) is 0 Å². The molecule has 5 atom stereocenters. The van der Waals surface area contributed by atoms with Crippen molar-refractivity contribution in [2.45, 2.75) is 401 Å². The van der Waals surface area contributed by atoms with Crippen LogP contribution < -0.4 is 0 Å². The highest BCUT2D eigenvalue weighted by molar-refractivity contribution is 7.47. The zero-order valence-electron chi connectivity index (χ0n) is 62.3. The SMILES string of the molecule is CC(C)CCCCCCCCCCCCCCCC(=O)OC[C@H](COP(=O)(O)OCC(O)COP(=O)(O)OC[C@@H](COC(=O)CCCCCCCCCC(C)C)OC(=O)CCCCCCCCCCCCCCC(C)C)OC(=O)CCCCCCCCCCCCCC(C)C. The van der Waals surface area contributed by atoms with Crippen molar-refractivity contribution in [3.63, 3.8) is 0 Å². The number of hydrogen-bond acceptors (Lipinski definition) is 15. The van der Waals surface area contributed by atoms with E-state index in [4.69, 9.17) is 37.0 Å². The zero-order valence-corrected chi connectivity index (χ0v) is 64.1. The Hall–Kier alpha value is -1.94. The molecule has 3 unspecified atom stereocenters.